The van der Waals surface area contributed by atoms with Gasteiger partial charge in [-0.25, -0.2) is 0 Å². The summed E-state index contributed by atoms with van der Waals surface area (Å²) in [7, 11) is 0. The van der Waals surface area contributed by atoms with Crippen LogP contribution in [-0.2, 0) is 15.0 Å². The number of carboxylic acid groups (broad SMARTS) is 1. The Labute approximate surface area is 116 Å². The first-order valence-corrected chi connectivity index (χ1v) is 6.98. The second-order valence-corrected chi connectivity index (χ2v) is 5.92. The Morgan fingerprint density at radius 1 is 1.25 bits per heavy atom. The van der Waals surface area contributed by atoms with Crippen LogP contribution in [-0.4, -0.2) is 17.0 Å². The van der Waals surface area contributed by atoms with Gasteiger partial charge in [-0.2, -0.15) is 0 Å². The lowest BCUT2D eigenvalue weighted by atomic mass is 9.51. The van der Waals surface area contributed by atoms with Gasteiger partial charge >= 0.3 is 5.97 Å². The first-order chi connectivity index (χ1) is 9.65. The van der Waals surface area contributed by atoms with E-state index < -0.39 is 17.3 Å². The SMILES string of the molecule is O=C(O)C1C2C=CC(CC2)C12C(=O)Nc1ccccc12. The molecule has 5 rings (SSSR count). The quantitative estimate of drug-likeness (QED) is 0.768. The Morgan fingerprint density at radius 3 is 2.75 bits per heavy atom. The standard InChI is InChI=1S/C16H15NO3/c18-14(19)13-9-5-7-10(8-6-9)16(13)11-3-1-2-4-12(11)17-15(16)20/h1-5,7,9-10,13H,6,8H2,(H,17,20)(H,18,19). The third-order valence-corrected chi connectivity index (χ3v) is 5.17. The average molecular weight is 269 g/mol. The zero-order valence-corrected chi connectivity index (χ0v) is 10.9. The van der Waals surface area contributed by atoms with Crippen LogP contribution in [0.2, 0.25) is 0 Å². The number of allylic oxidation sites excluding steroid dienone is 2. The van der Waals surface area contributed by atoms with Gasteiger partial charge in [-0.05, 0) is 36.3 Å². The number of carbonyl (C=O) groups excluding carboxylic acids is 1. The molecule has 2 N–H and O–H groups in total. The lowest BCUT2D eigenvalue weighted by molar-refractivity contribution is -0.153. The van der Waals surface area contributed by atoms with Crippen LogP contribution in [0.25, 0.3) is 0 Å². The number of carboxylic acids is 1. The molecule has 4 heteroatoms. The molecular weight excluding hydrogens is 254 g/mol. The van der Waals surface area contributed by atoms with Crippen molar-refractivity contribution in [2.45, 2.75) is 18.3 Å². The first kappa shape index (κ1) is 11.7. The van der Waals surface area contributed by atoms with Gasteiger partial charge in [-0.15, -0.1) is 0 Å². The van der Waals surface area contributed by atoms with Crippen molar-refractivity contribution in [3.05, 3.63) is 42.0 Å². The molecule has 0 aromatic heterocycles. The monoisotopic (exact) mass is 269 g/mol. The molecule has 1 aromatic carbocycles. The van der Waals surface area contributed by atoms with Gasteiger partial charge in [0.05, 0.1) is 11.3 Å². The maximum atomic E-state index is 12.7. The summed E-state index contributed by atoms with van der Waals surface area (Å²) in [6, 6.07) is 7.50. The maximum Gasteiger partial charge on any atom is 0.308 e. The number of aliphatic carboxylic acids is 1. The van der Waals surface area contributed by atoms with Crippen LogP contribution in [0.4, 0.5) is 5.69 Å². The Hall–Kier alpha value is -2.10. The largest absolute Gasteiger partial charge is 0.481 e. The highest BCUT2D eigenvalue weighted by Gasteiger charge is 2.63. The summed E-state index contributed by atoms with van der Waals surface area (Å²) in [5, 5.41) is 12.6. The molecule has 4 aliphatic rings. The molecule has 20 heavy (non-hydrogen) atoms. The molecule has 1 aliphatic heterocycles. The fourth-order valence-electron chi connectivity index (χ4n) is 4.42. The van der Waals surface area contributed by atoms with Crippen molar-refractivity contribution in [2.24, 2.45) is 17.8 Å². The van der Waals surface area contributed by atoms with E-state index in [1.54, 1.807) is 0 Å². The van der Waals surface area contributed by atoms with E-state index in [1.165, 1.54) is 0 Å². The topological polar surface area (TPSA) is 66.4 Å². The summed E-state index contributed by atoms with van der Waals surface area (Å²) >= 11 is 0. The van der Waals surface area contributed by atoms with Crippen LogP contribution in [0.3, 0.4) is 0 Å². The average Bonchev–Trinajstić information content (AvgIpc) is 2.74. The second kappa shape index (κ2) is 3.72. The van der Waals surface area contributed by atoms with Crippen molar-refractivity contribution in [1.29, 1.82) is 0 Å². The molecule has 1 aromatic rings. The minimum absolute atomic E-state index is 0.0164. The summed E-state index contributed by atoms with van der Waals surface area (Å²) < 4.78 is 0. The molecule has 0 saturated heterocycles. The van der Waals surface area contributed by atoms with E-state index >= 15 is 0 Å². The van der Waals surface area contributed by atoms with Crippen LogP contribution in [0.5, 0.6) is 0 Å². The minimum Gasteiger partial charge on any atom is -0.481 e. The van der Waals surface area contributed by atoms with Crippen molar-refractivity contribution in [3.8, 4) is 0 Å². The van der Waals surface area contributed by atoms with Crippen molar-refractivity contribution >= 4 is 17.6 Å². The number of anilines is 1. The van der Waals surface area contributed by atoms with Crippen LogP contribution in [0.1, 0.15) is 18.4 Å². The zero-order valence-electron chi connectivity index (χ0n) is 10.9. The summed E-state index contributed by atoms with van der Waals surface area (Å²) in [4.78, 5) is 24.6. The van der Waals surface area contributed by atoms with Gasteiger partial charge in [0, 0.05) is 5.69 Å². The van der Waals surface area contributed by atoms with Crippen molar-refractivity contribution in [3.63, 3.8) is 0 Å². The van der Waals surface area contributed by atoms with E-state index in [0.29, 0.717) is 0 Å². The molecule has 2 bridgehead atoms. The summed E-state index contributed by atoms with van der Waals surface area (Å²) in [5.41, 5.74) is 0.709. The molecule has 102 valence electrons. The second-order valence-electron chi connectivity index (χ2n) is 5.92. The number of para-hydroxylation sites is 1. The van der Waals surface area contributed by atoms with Crippen LogP contribution in [0.15, 0.2) is 36.4 Å². The molecule has 1 saturated carbocycles. The third kappa shape index (κ3) is 1.17. The Bertz CT molecular complexity index is 651. The van der Waals surface area contributed by atoms with Crippen molar-refractivity contribution < 1.29 is 14.7 Å². The molecule has 3 aliphatic carbocycles. The van der Waals surface area contributed by atoms with E-state index in [4.69, 9.17) is 0 Å². The highest BCUT2D eigenvalue weighted by molar-refractivity contribution is 6.09. The summed E-state index contributed by atoms with van der Waals surface area (Å²) in [6.45, 7) is 0. The number of fused-ring (bicyclic) bond motifs is 2. The predicted molar refractivity (Wildman–Crippen MR) is 73.2 cm³/mol. The summed E-state index contributed by atoms with van der Waals surface area (Å²) in [6.07, 6.45) is 5.78. The number of amides is 1. The maximum absolute atomic E-state index is 12.7. The number of nitrogens with one attached hydrogen (secondary N) is 1. The first-order valence-electron chi connectivity index (χ1n) is 6.98. The lowest BCUT2D eigenvalue weighted by Gasteiger charge is -2.49. The molecule has 4 nitrogen and oxygen atoms in total. The molecule has 4 unspecified atom stereocenters. The predicted octanol–water partition coefficient (Wildman–Crippen LogP) is 2.17. The number of benzene rings is 1. The number of hydrogen-bond acceptors (Lipinski definition) is 2. The molecule has 1 spiro atoms. The highest BCUT2D eigenvalue weighted by atomic mass is 16.4. The molecule has 1 fully saturated rings. The molecular formula is C16H15NO3. The Morgan fingerprint density at radius 2 is 2.05 bits per heavy atom. The number of hydrogen-bond donors (Lipinski definition) is 2. The third-order valence-electron chi connectivity index (χ3n) is 5.17. The molecule has 1 heterocycles. The normalized spacial score (nSPS) is 37.0. The van der Waals surface area contributed by atoms with Crippen LogP contribution < -0.4 is 5.32 Å². The lowest BCUT2D eigenvalue weighted by Crippen LogP contribution is -2.57. The van der Waals surface area contributed by atoms with E-state index in [1.807, 2.05) is 30.3 Å². The van der Waals surface area contributed by atoms with E-state index in [-0.39, 0.29) is 17.7 Å². The van der Waals surface area contributed by atoms with E-state index in [9.17, 15) is 14.7 Å². The van der Waals surface area contributed by atoms with Crippen molar-refractivity contribution in [2.75, 3.05) is 5.32 Å². The fourth-order valence-corrected chi connectivity index (χ4v) is 4.42. The smallest absolute Gasteiger partial charge is 0.308 e. The molecule has 4 atom stereocenters. The van der Waals surface area contributed by atoms with Gasteiger partial charge in [-0.1, -0.05) is 30.4 Å². The summed E-state index contributed by atoms with van der Waals surface area (Å²) in [5.74, 6) is -1.73. The number of rotatable bonds is 1. The van der Waals surface area contributed by atoms with Crippen LogP contribution >= 0.6 is 0 Å². The van der Waals surface area contributed by atoms with Crippen molar-refractivity contribution in [1.82, 2.24) is 0 Å². The van der Waals surface area contributed by atoms with Gasteiger partial charge in [0.15, 0.2) is 0 Å². The zero-order chi connectivity index (χ0) is 13.9. The minimum atomic E-state index is -0.917. The van der Waals surface area contributed by atoms with Gasteiger partial charge in [0.25, 0.3) is 0 Å². The highest BCUT2D eigenvalue weighted by Crippen LogP contribution is 2.58. The van der Waals surface area contributed by atoms with Gasteiger partial charge in [0.1, 0.15) is 0 Å². The van der Waals surface area contributed by atoms with E-state index in [2.05, 4.69) is 11.4 Å². The van der Waals surface area contributed by atoms with E-state index in [0.717, 1.165) is 24.1 Å². The van der Waals surface area contributed by atoms with Gasteiger partial charge in [-0.3, -0.25) is 9.59 Å². The fraction of sp³-hybridized carbons (Fsp3) is 0.375. The Kier molecular flexibility index (Phi) is 2.18. The van der Waals surface area contributed by atoms with Gasteiger partial charge < -0.3 is 10.4 Å². The number of carbonyl (C=O) groups is 2. The Balaban J connectivity index is 2.01. The van der Waals surface area contributed by atoms with Gasteiger partial charge in [0.2, 0.25) is 5.91 Å². The molecule has 1 amide bonds. The molecule has 0 radical (unpaired) electrons. The van der Waals surface area contributed by atoms with Crippen LogP contribution in [0, 0.1) is 17.8 Å².